The molecular weight excluding hydrogens is 322 g/mol. The van der Waals surface area contributed by atoms with Crippen LogP contribution in [0.1, 0.15) is 18.8 Å². The van der Waals surface area contributed by atoms with E-state index >= 15 is 0 Å². The molecule has 124 valence electrons. The van der Waals surface area contributed by atoms with Crippen LogP contribution in [-0.4, -0.2) is 72.4 Å². The monoisotopic (exact) mass is 337 g/mol. The fourth-order valence-electron chi connectivity index (χ4n) is 2.02. The van der Waals surface area contributed by atoms with Gasteiger partial charge in [-0.15, -0.1) is 5.10 Å². The van der Waals surface area contributed by atoms with E-state index in [0.29, 0.717) is 0 Å². The fourth-order valence-corrected chi connectivity index (χ4v) is 2.24. The summed E-state index contributed by atoms with van der Waals surface area (Å²) in [6.45, 7) is 0.426. The number of nitrogens with zero attached hydrogens (tertiary/aromatic N) is 3. The molecule has 0 unspecified atom stereocenters. The third-order valence-corrected chi connectivity index (χ3v) is 3.61. The first-order chi connectivity index (χ1) is 10.4. The molecule has 1 aromatic heterocycles. The molecule has 10 nitrogen and oxygen atoms in total. The minimum atomic E-state index is -1.56. The standard InChI is InChI=1S/C11H16ClN3O7/c1-4(17)21-3-5-10(12)15(14-13-5)11-9(20)8(19)7(18)6(2-16)22-11/h6-9,11,16,18-20H,2-3H2,1H3/t6-,7-,8+,9-,11-/m1/s1. The third kappa shape index (κ3) is 3.21. The van der Waals surface area contributed by atoms with Gasteiger partial charge in [-0.25, -0.2) is 4.68 Å². The lowest BCUT2D eigenvalue weighted by Crippen LogP contribution is -2.56. The summed E-state index contributed by atoms with van der Waals surface area (Å²) in [5.74, 6) is -0.529. The van der Waals surface area contributed by atoms with E-state index in [1.54, 1.807) is 0 Å². The van der Waals surface area contributed by atoms with Gasteiger partial charge in [-0.3, -0.25) is 4.79 Å². The van der Waals surface area contributed by atoms with Crippen molar-refractivity contribution in [2.75, 3.05) is 6.61 Å². The number of aliphatic hydroxyl groups excluding tert-OH is 4. The van der Waals surface area contributed by atoms with Crippen molar-refractivity contribution in [2.45, 2.75) is 44.2 Å². The van der Waals surface area contributed by atoms with Crippen molar-refractivity contribution in [3.05, 3.63) is 10.8 Å². The first-order valence-corrected chi connectivity index (χ1v) is 6.78. The zero-order valence-corrected chi connectivity index (χ0v) is 12.3. The fraction of sp³-hybridized carbons (Fsp3) is 0.727. The smallest absolute Gasteiger partial charge is 0.303 e. The molecule has 1 aliphatic heterocycles. The van der Waals surface area contributed by atoms with Crippen LogP contribution in [0.25, 0.3) is 0 Å². The summed E-state index contributed by atoms with van der Waals surface area (Å²) in [7, 11) is 0. The van der Waals surface area contributed by atoms with Crippen molar-refractivity contribution in [2.24, 2.45) is 0 Å². The van der Waals surface area contributed by atoms with Gasteiger partial charge in [0.15, 0.2) is 11.4 Å². The highest BCUT2D eigenvalue weighted by molar-refractivity contribution is 6.30. The number of ether oxygens (including phenoxy) is 2. The topological polar surface area (TPSA) is 147 Å². The van der Waals surface area contributed by atoms with Crippen LogP contribution in [0.3, 0.4) is 0 Å². The lowest BCUT2D eigenvalue weighted by atomic mass is 9.98. The van der Waals surface area contributed by atoms with Gasteiger partial charge < -0.3 is 29.9 Å². The summed E-state index contributed by atoms with van der Waals surface area (Å²) in [4.78, 5) is 10.8. The van der Waals surface area contributed by atoms with E-state index in [1.807, 2.05) is 0 Å². The minimum absolute atomic E-state index is 0.0643. The van der Waals surface area contributed by atoms with Gasteiger partial charge in [0.2, 0.25) is 0 Å². The summed E-state index contributed by atoms with van der Waals surface area (Å²) in [6.07, 6.45) is -6.95. The first kappa shape index (κ1) is 17.1. The van der Waals surface area contributed by atoms with Gasteiger partial charge in [0, 0.05) is 6.92 Å². The van der Waals surface area contributed by atoms with E-state index in [9.17, 15) is 20.1 Å². The number of rotatable bonds is 4. The maximum atomic E-state index is 10.8. The molecule has 1 aromatic rings. The number of halogens is 1. The number of carbonyl (C=O) groups is 1. The van der Waals surface area contributed by atoms with Crippen molar-refractivity contribution >= 4 is 17.6 Å². The van der Waals surface area contributed by atoms with E-state index in [0.717, 1.165) is 4.68 Å². The lowest BCUT2D eigenvalue weighted by molar-refractivity contribution is -0.254. The summed E-state index contributed by atoms with van der Waals surface area (Å²) in [5, 5.41) is 45.9. The second-order valence-electron chi connectivity index (χ2n) is 4.77. The SMILES string of the molecule is CC(=O)OCc1nnn([C@@H]2O[C@H](CO)[C@@H](O)[C@H](O)[C@H]2O)c1Cl. The second-order valence-corrected chi connectivity index (χ2v) is 5.13. The van der Waals surface area contributed by atoms with E-state index in [1.165, 1.54) is 6.92 Å². The average Bonchev–Trinajstić information content (AvgIpc) is 2.84. The van der Waals surface area contributed by atoms with Crippen molar-refractivity contribution in [3.8, 4) is 0 Å². The summed E-state index contributed by atoms with van der Waals surface area (Å²) in [5.41, 5.74) is 0.133. The van der Waals surface area contributed by atoms with Crippen LogP contribution in [0.2, 0.25) is 5.15 Å². The maximum absolute atomic E-state index is 10.8. The van der Waals surface area contributed by atoms with E-state index in [2.05, 4.69) is 10.3 Å². The van der Waals surface area contributed by atoms with E-state index in [-0.39, 0.29) is 17.5 Å². The number of hydrogen-bond donors (Lipinski definition) is 4. The van der Waals surface area contributed by atoms with Gasteiger partial charge in [0.25, 0.3) is 0 Å². The van der Waals surface area contributed by atoms with Gasteiger partial charge >= 0.3 is 5.97 Å². The molecule has 0 saturated carbocycles. The Morgan fingerprint density at radius 3 is 2.64 bits per heavy atom. The molecule has 22 heavy (non-hydrogen) atoms. The molecular formula is C11H16ClN3O7. The van der Waals surface area contributed by atoms with Crippen LogP contribution in [0.4, 0.5) is 0 Å². The van der Waals surface area contributed by atoms with Crippen LogP contribution in [0.5, 0.6) is 0 Å². The molecule has 0 amide bonds. The molecule has 0 bridgehead atoms. The molecule has 4 N–H and O–H groups in total. The second kappa shape index (κ2) is 6.86. The zero-order valence-electron chi connectivity index (χ0n) is 11.5. The van der Waals surface area contributed by atoms with E-state index in [4.69, 9.17) is 26.2 Å². The van der Waals surface area contributed by atoms with Crippen LogP contribution in [0.15, 0.2) is 0 Å². The predicted octanol–water partition coefficient (Wildman–Crippen LogP) is -2.03. The Morgan fingerprint density at radius 2 is 2.05 bits per heavy atom. The van der Waals surface area contributed by atoms with Gasteiger partial charge in [-0.2, -0.15) is 0 Å². The lowest BCUT2D eigenvalue weighted by Gasteiger charge is -2.39. The largest absolute Gasteiger partial charge is 0.459 e. The number of aromatic nitrogens is 3. The van der Waals surface area contributed by atoms with Crippen molar-refractivity contribution in [1.29, 1.82) is 0 Å². The Hall–Kier alpha value is -1.30. The molecule has 0 aromatic carbocycles. The number of hydrogen-bond acceptors (Lipinski definition) is 9. The highest BCUT2D eigenvalue weighted by Gasteiger charge is 2.45. The molecule has 0 radical (unpaired) electrons. The molecule has 1 aliphatic rings. The van der Waals surface area contributed by atoms with Gasteiger partial charge in [0.05, 0.1) is 6.61 Å². The van der Waals surface area contributed by atoms with Crippen LogP contribution in [-0.2, 0) is 20.9 Å². The Labute approximate surface area is 129 Å². The number of carbonyl (C=O) groups excluding carboxylic acids is 1. The quantitative estimate of drug-likeness (QED) is 0.456. The Bertz CT molecular complexity index is 538. The molecule has 1 saturated heterocycles. The van der Waals surface area contributed by atoms with Gasteiger partial charge in [-0.1, -0.05) is 16.8 Å². The third-order valence-electron chi connectivity index (χ3n) is 3.22. The Balaban J connectivity index is 2.21. The summed E-state index contributed by atoms with van der Waals surface area (Å²) in [6, 6.07) is 0. The highest BCUT2D eigenvalue weighted by atomic mass is 35.5. The van der Waals surface area contributed by atoms with Crippen molar-refractivity contribution in [1.82, 2.24) is 15.0 Å². The van der Waals surface area contributed by atoms with E-state index < -0.39 is 43.2 Å². The normalized spacial score (nSPS) is 32.0. The summed E-state index contributed by atoms with van der Waals surface area (Å²) < 4.78 is 11.0. The van der Waals surface area contributed by atoms with Crippen LogP contribution >= 0.6 is 11.6 Å². The molecule has 0 spiro atoms. The first-order valence-electron chi connectivity index (χ1n) is 6.40. The summed E-state index contributed by atoms with van der Waals surface area (Å²) >= 11 is 6.03. The number of aliphatic hydroxyl groups is 4. The predicted molar refractivity (Wildman–Crippen MR) is 69.5 cm³/mol. The zero-order chi connectivity index (χ0) is 16.4. The van der Waals surface area contributed by atoms with Crippen LogP contribution < -0.4 is 0 Å². The molecule has 0 aliphatic carbocycles. The Kier molecular flexibility index (Phi) is 5.32. The molecule has 5 atom stereocenters. The van der Waals surface area contributed by atoms with Crippen molar-refractivity contribution in [3.63, 3.8) is 0 Å². The molecule has 2 rings (SSSR count). The van der Waals surface area contributed by atoms with Crippen LogP contribution in [0, 0.1) is 0 Å². The van der Waals surface area contributed by atoms with Gasteiger partial charge in [-0.05, 0) is 0 Å². The molecule has 11 heteroatoms. The maximum Gasteiger partial charge on any atom is 0.303 e. The number of esters is 1. The Morgan fingerprint density at radius 1 is 1.36 bits per heavy atom. The average molecular weight is 338 g/mol. The molecule has 1 fully saturated rings. The van der Waals surface area contributed by atoms with Gasteiger partial charge in [0.1, 0.15) is 36.7 Å². The minimum Gasteiger partial charge on any atom is -0.459 e. The van der Waals surface area contributed by atoms with Crippen molar-refractivity contribution < 1.29 is 34.7 Å². The highest BCUT2D eigenvalue weighted by Crippen LogP contribution is 2.30. The molecule has 2 heterocycles.